The summed E-state index contributed by atoms with van der Waals surface area (Å²) in [6.07, 6.45) is 3.23. The smallest absolute Gasteiger partial charge is 0.149 e. The maximum atomic E-state index is 9.29. The van der Waals surface area contributed by atoms with Crippen LogP contribution in [0.3, 0.4) is 0 Å². The molecule has 0 aromatic carbocycles. The average Bonchev–Trinajstić information content (AvgIpc) is 2.37. The number of hydrogen-bond acceptors (Lipinski definition) is 6. The molecule has 0 amide bonds. The summed E-state index contributed by atoms with van der Waals surface area (Å²) in [6.45, 7) is 5.39. The highest BCUT2D eigenvalue weighted by atomic mass is 16.5. The Bertz CT molecular complexity index is 411. The normalized spacial score (nSPS) is 22.9. The fraction of sp³-hybridized carbons (Fsp3) is 0.667. The molecule has 2 heterocycles. The molecular formula is C12H20N4O2. The zero-order valence-corrected chi connectivity index (χ0v) is 11.1. The molecule has 0 aliphatic carbocycles. The van der Waals surface area contributed by atoms with Gasteiger partial charge in [-0.1, -0.05) is 0 Å². The van der Waals surface area contributed by atoms with E-state index in [2.05, 4.69) is 20.2 Å². The Morgan fingerprint density at radius 1 is 1.56 bits per heavy atom. The number of nitrogens with one attached hydrogen (secondary N) is 1. The van der Waals surface area contributed by atoms with Crippen LogP contribution in [0.15, 0.2) is 12.4 Å². The van der Waals surface area contributed by atoms with Crippen molar-refractivity contribution in [3.05, 3.63) is 12.4 Å². The Morgan fingerprint density at radius 2 is 2.33 bits per heavy atom. The number of anilines is 2. The predicted octanol–water partition coefficient (Wildman–Crippen LogP) is 0.494. The number of aliphatic hydroxyl groups is 1. The van der Waals surface area contributed by atoms with Gasteiger partial charge in [0.15, 0.2) is 0 Å². The van der Waals surface area contributed by atoms with E-state index in [-0.39, 0.29) is 18.3 Å². The van der Waals surface area contributed by atoms with Crippen molar-refractivity contribution < 1.29 is 9.84 Å². The van der Waals surface area contributed by atoms with Gasteiger partial charge < -0.3 is 20.1 Å². The van der Waals surface area contributed by atoms with Crippen LogP contribution in [-0.4, -0.2) is 53.5 Å². The summed E-state index contributed by atoms with van der Waals surface area (Å²) in [5, 5.41) is 12.3. The van der Waals surface area contributed by atoms with Gasteiger partial charge in [-0.05, 0) is 13.8 Å². The van der Waals surface area contributed by atoms with Gasteiger partial charge in [-0.3, -0.25) is 4.98 Å². The van der Waals surface area contributed by atoms with Crippen molar-refractivity contribution in [3.8, 4) is 0 Å². The van der Waals surface area contributed by atoms with E-state index >= 15 is 0 Å². The molecule has 1 aliphatic heterocycles. The molecular weight excluding hydrogens is 232 g/mol. The molecule has 1 aromatic heterocycles. The van der Waals surface area contributed by atoms with Crippen LogP contribution < -0.4 is 10.2 Å². The number of morpholine rings is 1. The van der Waals surface area contributed by atoms with E-state index in [1.54, 1.807) is 12.4 Å². The number of nitrogens with zero attached hydrogens (tertiary/aromatic N) is 3. The van der Waals surface area contributed by atoms with Gasteiger partial charge in [-0.15, -0.1) is 0 Å². The summed E-state index contributed by atoms with van der Waals surface area (Å²) >= 11 is 0. The van der Waals surface area contributed by atoms with Crippen LogP contribution in [0.25, 0.3) is 0 Å². The van der Waals surface area contributed by atoms with Crippen molar-refractivity contribution in [1.29, 1.82) is 0 Å². The largest absolute Gasteiger partial charge is 0.394 e. The van der Waals surface area contributed by atoms with Crippen LogP contribution in [0.2, 0.25) is 0 Å². The van der Waals surface area contributed by atoms with Crippen molar-refractivity contribution in [2.45, 2.75) is 25.6 Å². The Hall–Kier alpha value is -1.40. The van der Waals surface area contributed by atoms with Gasteiger partial charge in [0.25, 0.3) is 0 Å². The first kappa shape index (κ1) is 13.0. The second-order valence-electron chi connectivity index (χ2n) is 5.08. The van der Waals surface area contributed by atoms with Crippen LogP contribution in [0.5, 0.6) is 0 Å². The fourth-order valence-electron chi connectivity index (χ4n) is 2.19. The van der Waals surface area contributed by atoms with Gasteiger partial charge in [-0.2, -0.15) is 0 Å². The summed E-state index contributed by atoms with van der Waals surface area (Å²) in [5.41, 5.74) is -0.303. The third kappa shape index (κ3) is 2.88. The lowest BCUT2D eigenvalue weighted by Gasteiger charge is -2.42. The van der Waals surface area contributed by atoms with E-state index in [1.165, 1.54) is 0 Å². The van der Waals surface area contributed by atoms with Crippen LogP contribution >= 0.6 is 0 Å². The topological polar surface area (TPSA) is 70.5 Å². The molecule has 0 radical (unpaired) electrons. The van der Waals surface area contributed by atoms with Crippen molar-refractivity contribution >= 4 is 11.6 Å². The van der Waals surface area contributed by atoms with Crippen LogP contribution in [0.4, 0.5) is 11.6 Å². The molecule has 2 N–H and O–H groups in total. The number of rotatable bonds is 3. The first-order chi connectivity index (χ1) is 8.54. The molecule has 1 atom stereocenters. The summed E-state index contributed by atoms with van der Waals surface area (Å²) in [4.78, 5) is 10.7. The molecule has 1 aliphatic rings. The molecule has 2 rings (SSSR count). The summed E-state index contributed by atoms with van der Waals surface area (Å²) < 4.78 is 5.78. The highest BCUT2D eigenvalue weighted by molar-refractivity contribution is 5.44. The fourth-order valence-corrected chi connectivity index (χ4v) is 2.19. The van der Waals surface area contributed by atoms with Gasteiger partial charge in [-0.25, -0.2) is 4.98 Å². The second kappa shape index (κ2) is 5.07. The first-order valence-corrected chi connectivity index (χ1v) is 6.07. The molecule has 6 nitrogen and oxygen atoms in total. The molecule has 1 saturated heterocycles. The van der Waals surface area contributed by atoms with Gasteiger partial charge in [0.1, 0.15) is 11.6 Å². The van der Waals surface area contributed by atoms with Gasteiger partial charge in [0.05, 0.1) is 30.7 Å². The van der Waals surface area contributed by atoms with Crippen molar-refractivity contribution in [1.82, 2.24) is 9.97 Å². The van der Waals surface area contributed by atoms with E-state index in [4.69, 9.17) is 4.74 Å². The third-order valence-corrected chi connectivity index (χ3v) is 2.89. The maximum absolute atomic E-state index is 9.29. The average molecular weight is 252 g/mol. The van der Waals surface area contributed by atoms with Crippen molar-refractivity contribution in [2.75, 3.05) is 37.0 Å². The van der Waals surface area contributed by atoms with Crippen LogP contribution in [-0.2, 0) is 4.74 Å². The van der Waals surface area contributed by atoms with Gasteiger partial charge >= 0.3 is 0 Å². The lowest BCUT2D eigenvalue weighted by Crippen LogP contribution is -2.54. The van der Waals surface area contributed by atoms with Crippen molar-refractivity contribution in [2.24, 2.45) is 0 Å². The van der Waals surface area contributed by atoms with Crippen LogP contribution in [0.1, 0.15) is 13.8 Å². The molecule has 1 fully saturated rings. The van der Waals surface area contributed by atoms with E-state index in [0.717, 1.165) is 18.2 Å². The van der Waals surface area contributed by atoms with E-state index in [0.29, 0.717) is 6.54 Å². The molecule has 0 saturated carbocycles. The van der Waals surface area contributed by atoms with Gasteiger partial charge in [0, 0.05) is 20.1 Å². The Morgan fingerprint density at radius 3 is 3.00 bits per heavy atom. The van der Waals surface area contributed by atoms with Crippen LogP contribution in [0, 0.1) is 0 Å². The number of aromatic nitrogens is 2. The molecule has 6 heteroatoms. The minimum Gasteiger partial charge on any atom is -0.394 e. The highest BCUT2D eigenvalue weighted by Crippen LogP contribution is 2.24. The molecule has 18 heavy (non-hydrogen) atoms. The van der Waals surface area contributed by atoms with Gasteiger partial charge in [0.2, 0.25) is 0 Å². The third-order valence-electron chi connectivity index (χ3n) is 2.89. The summed E-state index contributed by atoms with van der Waals surface area (Å²) in [7, 11) is 1.81. The summed E-state index contributed by atoms with van der Waals surface area (Å²) in [6, 6.07) is 0. The zero-order valence-electron chi connectivity index (χ0n) is 11.1. The zero-order chi connectivity index (χ0) is 13.2. The molecule has 0 spiro atoms. The summed E-state index contributed by atoms with van der Waals surface area (Å²) in [5.74, 6) is 1.54. The minimum atomic E-state index is -0.303. The Kier molecular flexibility index (Phi) is 3.68. The lowest BCUT2D eigenvalue weighted by atomic mass is 10.1. The number of ether oxygens (including phenoxy) is 1. The highest BCUT2D eigenvalue weighted by Gasteiger charge is 2.33. The number of hydrogen-bond donors (Lipinski definition) is 2. The van der Waals surface area contributed by atoms with E-state index in [1.807, 2.05) is 20.9 Å². The van der Waals surface area contributed by atoms with Crippen molar-refractivity contribution in [3.63, 3.8) is 0 Å². The minimum absolute atomic E-state index is 0.0130. The molecule has 1 unspecified atom stereocenters. The maximum Gasteiger partial charge on any atom is 0.149 e. The Balaban J connectivity index is 2.20. The SMILES string of the molecule is CNc1cncc(N2CC(CO)OC(C)(C)C2)n1. The predicted molar refractivity (Wildman–Crippen MR) is 69.8 cm³/mol. The monoisotopic (exact) mass is 252 g/mol. The second-order valence-corrected chi connectivity index (χ2v) is 5.08. The standard InChI is InChI=1S/C12H20N4O2/c1-12(2)8-16(6-9(7-17)18-12)11-5-14-4-10(13-3)15-11/h4-5,9,17H,6-8H2,1-3H3,(H,13,15). The Labute approximate surface area is 107 Å². The quantitative estimate of drug-likeness (QED) is 0.816. The lowest BCUT2D eigenvalue weighted by molar-refractivity contribution is -0.101. The molecule has 1 aromatic rings. The number of aliphatic hydroxyl groups excluding tert-OH is 1. The first-order valence-electron chi connectivity index (χ1n) is 6.07. The van der Waals surface area contributed by atoms with E-state index < -0.39 is 0 Å². The molecule has 0 bridgehead atoms. The van der Waals surface area contributed by atoms with E-state index in [9.17, 15) is 5.11 Å². The molecule has 100 valence electrons.